The van der Waals surface area contributed by atoms with Crippen LogP contribution in [0.1, 0.15) is 20.0 Å². The molecule has 0 amide bonds. The first-order chi connectivity index (χ1) is 12.4. The van der Waals surface area contributed by atoms with Crippen molar-refractivity contribution in [3.63, 3.8) is 0 Å². The molecule has 0 bridgehead atoms. The van der Waals surface area contributed by atoms with Crippen molar-refractivity contribution in [1.29, 1.82) is 0 Å². The van der Waals surface area contributed by atoms with Gasteiger partial charge in [0.15, 0.2) is 22.2 Å². The molecule has 0 unspecified atom stereocenters. The number of ether oxygens (including phenoxy) is 1. The van der Waals surface area contributed by atoms with Crippen LogP contribution in [0.5, 0.6) is 0 Å². The Morgan fingerprint density at radius 3 is 2.35 bits per heavy atom. The first-order valence-electron chi connectivity index (χ1n) is 7.57. The Balaban J connectivity index is 1.67. The third-order valence-corrected chi connectivity index (χ3v) is 5.66. The standard InChI is InChI=1S/C18H15NO5S2/c1-26(22,23)14-6-4-13(5-7-14)16(20)12-24-18(21)17-15(8-11-25-17)19-9-2-3-10-19/h2-11H,12H2,1H3. The Kier molecular flexibility index (Phi) is 5.06. The highest BCUT2D eigenvalue weighted by Gasteiger charge is 2.18. The minimum Gasteiger partial charge on any atom is -0.453 e. The number of hydrogen-bond acceptors (Lipinski definition) is 6. The van der Waals surface area contributed by atoms with E-state index >= 15 is 0 Å². The number of thiophene rings is 1. The van der Waals surface area contributed by atoms with Crippen LogP contribution in [0.15, 0.2) is 65.1 Å². The molecule has 0 spiro atoms. The van der Waals surface area contributed by atoms with E-state index in [0.717, 1.165) is 6.26 Å². The summed E-state index contributed by atoms with van der Waals surface area (Å²) in [5, 5.41) is 1.78. The first-order valence-corrected chi connectivity index (χ1v) is 10.3. The van der Waals surface area contributed by atoms with Crippen molar-refractivity contribution >= 4 is 32.9 Å². The SMILES string of the molecule is CS(=O)(=O)c1ccc(C(=O)COC(=O)c2sccc2-n2cccc2)cc1. The van der Waals surface area contributed by atoms with Crippen molar-refractivity contribution in [2.24, 2.45) is 0 Å². The van der Waals surface area contributed by atoms with Gasteiger partial charge < -0.3 is 9.30 Å². The Labute approximate surface area is 154 Å². The van der Waals surface area contributed by atoms with Gasteiger partial charge in [-0.25, -0.2) is 13.2 Å². The third-order valence-electron chi connectivity index (χ3n) is 3.65. The van der Waals surface area contributed by atoms with E-state index in [1.165, 1.54) is 35.6 Å². The number of nitrogens with zero attached hydrogens (tertiary/aromatic N) is 1. The number of hydrogen-bond donors (Lipinski definition) is 0. The van der Waals surface area contributed by atoms with Gasteiger partial charge in [0.1, 0.15) is 4.88 Å². The molecule has 1 aromatic carbocycles. The summed E-state index contributed by atoms with van der Waals surface area (Å²) in [6.07, 6.45) is 4.72. The van der Waals surface area contributed by atoms with E-state index in [0.29, 0.717) is 10.6 Å². The third kappa shape index (κ3) is 3.92. The molecule has 2 heterocycles. The van der Waals surface area contributed by atoms with E-state index in [-0.39, 0.29) is 10.5 Å². The molecule has 0 aliphatic carbocycles. The molecule has 0 atom stereocenters. The molecule has 2 aromatic heterocycles. The summed E-state index contributed by atoms with van der Waals surface area (Å²) in [7, 11) is -3.32. The molecule has 6 nitrogen and oxygen atoms in total. The van der Waals surface area contributed by atoms with E-state index < -0.39 is 28.2 Å². The lowest BCUT2D eigenvalue weighted by molar-refractivity contribution is 0.0479. The maximum Gasteiger partial charge on any atom is 0.350 e. The number of Topliss-reactive ketones (excluding diaryl/α,β-unsaturated/α-hetero) is 1. The summed E-state index contributed by atoms with van der Waals surface area (Å²) in [5.41, 5.74) is 0.969. The van der Waals surface area contributed by atoms with Gasteiger partial charge in [0, 0.05) is 24.2 Å². The van der Waals surface area contributed by atoms with Crippen LogP contribution < -0.4 is 0 Å². The molecule has 0 aliphatic heterocycles. The highest BCUT2D eigenvalue weighted by molar-refractivity contribution is 7.90. The fourth-order valence-corrected chi connectivity index (χ4v) is 3.73. The topological polar surface area (TPSA) is 82.4 Å². The number of rotatable bonds is 6. The van der Waals surface area contributed by atoms with Crippen LogP contribution in [0.3, 0.4) is 0 Å². The highest BCUT2D eigenvalue weighted by Crippen LogP contribution is 2.22. The smallest absolute Gasteiger partial charge is 0.350 e. The van der Waals surface area contributed by atoms with Gasteiger partial charge in [-0.05, 0) is 47.8 Å². The van der Waals surface area contributed by atoms with Crippen molar-refractivity contribution in [2.75, 3.05) is 12.9 Å². The van der Waals surface area contributed by atoms with Crippen LogP contribution in [-0.4, -0.2) is 37.6 Å². The number of sulfone groups is 1. The summed E-state index contributed by atoms with van der Waals surface area (Å²) in [6.45, 7) is -0.417. The van der Waals surface area contributed by atoms with E-state index in [1.54, 1.807) is 16.0 Å². The summed E-state index contributed by atoms with van der Waals surface area (Å²) in [5.74, 6) is -0.984. The molecular formula is C18H15NO5S2. The Morgan fingerprint density at radius 2 is 1.73 bits per heavy atom. The number of esters is 1. The fourth-order valence-electron chi connectivity index (χ4n) is 2.32. The van der Waals surface area contributed by atoms with Gasteiger partial charge >= 0.3 is 5.97 Å². The van der Waals surface area contributed by atoms with Gasteiger partial charge in [0.25, 0.3) is 0 Å². The zero-order valence-corrected chi connectivity index (χ0v) is 15.4. The van der Waals surface area contributed by atoms with Gasteiger partial charge in [0.05, 0.1) is 10.6 Å². The minimum atomic E-state index is -3.32. The monoisotopic (exact) mass is 389 g/mol. The second kappa shape index (κ2) is 7.27. The first kappa shape index (κ1) is 18.1. The van der Waals surface area contributed by atoms with Crippen LogP contribution in [0, 0.1) is 0 Å². The van der Waals surface area contributed by atoms with Gasteiger partial charge in [-0.2, -0.15) is 0 Å². The van der Waals surface area contributed by atoms with Crippen molar-refractivity contribution in [2.45, 2.75) is 4.90 Å². The average Bonchev–Trinajstić information content (AvgIpc) is 3.29. The number of carbonyl (C=O) groups excluding carboxylic acids is 2. The van der Waals surface area contributed by atoms with Crippen molar-refractivity contribution in [1.82, 2.24) is 4.57 Å². The molecule has 134 valence electrons. The van der Waals surface area contributed by atoms with Crippen LogP contribution in [0.25, 0.3) is 5.69 Å². The molecular weight excluding hydrogens is 374 g/mol. The molecule has 0 fully saturated rings. The maximum atomic E-state index is 12.3. The Hall–Kier alpha value is -2.71. The minimum absolute atomic E-state index is 0.126. The van der Waals surface area contributed by atoms with E-state index in [2.05, 4.69) is 0 Å². The zero-order valence-electron chi connectivity index (χ0n) is 13.8. The van der Waals surface area contributed by atoms with E-state index in [1.807, 2.05) is 24.5 Å². The lowest BCUT2D eigenvalue weighted by Crippen LogP contribution is -2.14. The molecule has 0 saturated carbocycles. The molecule has 26 heavy (non-hydrogen) atoms. The maximum absolute atomic E-state index is 12.3. The summed E-state index contributed by atoms with van der Waals surface area (Å²) in [6, 6.07) is 11.0. The predicted octanol–water partition coefficient (Wildman–Crippen LogP) is 2.98. The van der Waals surface area contributed by atoms with Crippen molar-refractivity contribution in [3.8, 4) is 5.69 Å². The summed E-state index contributed by atoms with van der Waals surface area (Å²) < 4.78 is 29.8. The second-order valence-electron chi connectivity index (χ2n) is 5.52. The highest BCUT2D eigenvalue weighted by atomic mass is 32.2. The van der Waals surface area contributed by atoms with Gasteiger partial charge in [-0.3, -0.25) is 4.79 Å². The zero-order chi connectivity index (χ0) is 18.7. The number of ketones is 1. The summed E-state index contributed by atoms with van der Waals surface area (Å²) >= 11 is 1.23. The van der Waals surface area contributed by atoms with E-state index in [9.17, 15) is 18.0 Å². The molecule has 3 aromatic rings. The normalized spacial score (nSPS) is 11.3. The lowest BCUT2D eigenvalue weighted by Gasteiger charge is -2.06. The average molecular weight is 389 g/mol. The van der Waals surface area contributed by atoms with Gasteiger partial charge in [-0.1, -0.05) is 0 Å². The molecule has 0 saturated heterocycles. The molecule has 0 aliphatic rings. The lowest BCUT2D eigenvalue weighted by atomic mass is 10.1. The Bertz CT molecular complexity index is 1030. The largest absolute Gasteiger partial charge is 0.453 e. The number of carbonyl (C=O) groups is 2. The number of aromatic nitrogens is 1. The van der Waals surface area contributed by atoms with Crippen molar-refractivity contribution in [3.05, 3.63) is 70.7 Å². The van der Waals surface area contributed by atoms with Gasteiger partial charge in [-0.15, -0.1) is 11.3 Å². The van der Waals surface area contributed by atoms with Crippen molar-refractivity contribution < 1.29 is 22.7 Å². The van der Waals surface area contributed by atoms with Gasteiger partial charge in [0.2, 0.25) is 0 Å². The quantitative estimate of drug-likeness (QED) is 0.478. The van der Waals surface area contributed by atoms with Crippen LogP contribution in [0.2, 0.25) is 0 Å². The van der Waals surface area contributed by atoms with Crippen LogP contribution in [0.4, 0.5) is 0 Å². The molecule has 0 radical (unpaired) electrons. The second-order valence-corrected chi connectivity index (χ2v) is 8.45. The van der Waals surface area contributed by atoms with E-state index in [4.69, 9.17) is 4.74 Å². The molecule has 0 N–H and O–H groups in total. The van der Waals surface area contributed by atoms with Crippen LogP contribution in [-0.2, 0) is 14.6 Å². The van der Waals surface area contributed by atoms with Crippen LogP contribution >= 0.6 is 11.3 Å². The number of benzene rings is 1. The summed E-state index contributed by atoms with van der Waals surface area (Å²) in [4.78, 5) is 25.0. The predicted molar refractivity (Wildman–Crippen MR) is 97.8 cm³/mol. The molecule has 8 heteroatoms. The molecule has 3 rings (SSSR count). The Morgan fingerprint density at radius 1 is 1.08 bits per heavy atom. The fraction of sp³-hybridized carbons (Fsp3) is 0.111.